The Kier molecular flexibility index (Phi) is 5.06. The van der Waals surface area contributed by atoms with Crippen molar-refractivity contribution >= 4 is 28.4 Å². The highest BCUT2D eigenvalue weighted by Crippen LogP contribution is 2.19. The van der Waals surface area contributed by atoms with Crippen LogP contribution in [0.25, 0.3) is 0 Å². The summed E-state index contributed by atoms with van der Waals surface area (Å²) in [6, 6.07) is 25.2. The van der Waals surface area contributed by atoms with Gasteiger partial charge in [0.25, 0.3) is 0 Å². The Morgan fingerprint density at radius 1 is 0.727 bits per heavy atom. The van der Waals surface area contributed by atoms with Crippen molar-refractivity contribution in [2.45, 2.75) is 13.1 Å². The molecule has 0 N–H and O–H groups in total. The van der Waals surface area contributed by atoms with Crippen molar-refractivity contribution in [2.75, 3.05) is 4.90 Å². The third-order valence-electron chi connectivity index (χ3n) is 3.47. The highest BCUT2D eigenvalue weighted by Gasteiger charge is 2.09. The summed E-state index contributed by atoms with van der Waals surface area (Å²) in [5, 5.41) is 0. The van der Waals surface area contributed by atoms with Crippen LogP contribution < -0.4 is 4.90 Å². The number of pyridine rings is 1. The minimum atomic E-state index is 0.851. The molecule has 0 atom stereocenters. The third kappa shape index (κ3) is 4.07. The van der Waals surface area contributed by atoms with E-state index in [-0.39, 0.29) is 0 Å². The molecule has 2 aromatic carbocycles. The molecule has 0 bridgehead atoms. The number of hydrogen-bond acceptors (Lipinski definition) is 2. The van der Waals surface area contributed by atoms with E-state index in [1.165, 1.54) is 11.1 Å². The summed E-state index contributed by atoms with van der Waals surface area (Å²) in [6.45, 7) is 1.70. The first-order valence-electron chi connectivity index (χ1n) is 7.25. The zero-order valence-electron chi connectivity index (χ0n) is 12.2. The molecule has 3 heteroatoms. The molecule has 22 heavy (non-hydrogen) atoms. The van der Waals surface area contributed by atoms with Crippen molar-refractivity contribution in [3.63, 3.8) is 0 Å². The van der Waals surface area contributed by atoms with Crippen LogP contribution in [-0.2, 0) is 13.1 Å². The van der Waals surface area contributed by atoms with Crippen LogP contribution in [0.2, 0.25) is 0 Å². The molecule has 110 valence electrons. The summed E-state index contributed by atoms with van der Waals surface area (Å²) in [5.41, 5.74) is 2.58. The lowest BCUT2D eigenvalue weighted by molar-refractivity contribution is 0.783. The fourth-order valence-corrected chi connectivity index (χ4v) is 2.70. The second-order valence-corrected chi connectivity index (χ2v) is 6.41. The van der Waals surface area contributed by atoms with Crippen molar-refractivity contribution in [1.82, 2.24) is 4.98 Å². The molecular weight excluding hydrogens is 383 g/mol. The molecule has 0 spiro atoms. The number of halogens is 1. The van der Waals surface area contributed by atoms with Crippen LogP contribution in [0.4, 0.5) is 5.82 Å². The van der Waals surface area contributed by atoms with E-state index in [0.717, 1.165) is 22.5 Å². The van der Waals surface area contributed by atoms with E-state index in [1.54, 1.807) is 0 Å². The number of nitrogens with zero attached hydrogens (tertiary/aromatic N) is 2. The molecular formula is C19H17IN2. The highest BCUT2D eigenvalue weighted by atomic mass is 127. The molecule has 0 unspecified atom stereocenters. The Morgan fingerprint density at radius 3 is 1.73 bits per heavy atom. The summed E-state index contributed by atoms with van der Waals surface area (Å²) in [5.74, 6) is 1.01. The fraction of sp³-hybridized carbons (Fsp3) is 0.105. The Labute approximate surface area is 145 Å². The van der Waals surface area contributed by atoms with Crippen LogP contribution in [0.5, 0.6) is 0 Å². The number of benzene rings is 2. The molecule has 0 fully saturated rings. The lowest BCUT2D eigenvalue weighted by Crippen LogP contribution is -2.23. The maximum absolute atomic E-state index is 4.59. The maximum atomic E-state index is 4.59. The van der Waals surface area contributed by atoms with Crippen molar-refractivity contribution in [2.24, 2.45) is 0 Å². The van der Waals surface area contributed by atoms with Gasteiger partial charge in [0, 0.05) is 22.9 Å². The van der Waals surface area contributed by atoms with Crippen LogP contribution in [0.1, 0.15) is 11.1 Å². The Balaban J connectivity index is 1.86. The average molecular weight is 400 g/mol. The van der Waals surface area contributed by atoms with E-state index in [0.29, 0.717) is 0 Å². The molecule has 3 rings (SSSR count). The van der Waals surface area contributed by atoms with Gasteiger partial charge in [-0.2, -0.15) is 0 Å². The Hall–Kier alpha value is -1.88. The van der Waals surface area contributed by atoms with Gasteiger partial charge in [-0.25, -0.2) is 4.98 Å². The molecule has 1 aromatic heterocycles. The quantitative estimate of drug-likeness (QED) is 0.567. The molecule has 0 amide bonds. The summed E-state index contributed by atoms with van der Waals surface area (Å²) in [7, 11) is 0. The molecule has 0 aliphatic carbocycles. The van der Waals surface area contributed by atoms with Gasteiger partial charge in [-0.3, -0.25) is 0 Å². The summed E-state index contributed by atoms with van der Waals surface area (Å²) in [4.78, 5) is 6.90. The van der Waals surface area contributed by atoms with Gasteiger partial charge < -0.3 is 4.90 Å². The molecule has 2 nitrogen and oxygen atoms in total. The number of aromatic nitrogens is 1. The second kappa shape index (κ2) is 7.40. The monoisotopic (exact) mass is 400 g/mol. The summed E-state index contributed by atoms with van der Waals surface area (Å²) < 4.78 is 1.15. The highest BCUT2D eigenvalue weighted by molar-refractivity contribution is 14.1. The minimum Gasteiger partial charge on any atom is -0.348 e. The van der Waals surface area contributed by atoms with Gasteiger partial charge in [0.1, 0.15) is 5.82 Å². The normalized spacial score (nSPS) is 10.4. The van der Waals surface area contributed by atoms with Gasteiger partial charge in [0.05, 0.1) is 0 Å². The van der Waals surface area contributed by atoms with E-state index in [2.05, 4.69) is 93.1 Å². The van der Waals surface area contributed by atoms with Gasteiger partial charge in [0.15, 0.2) is 0 Å². The average Bonchev–Trinajstić information content (AvgIpc) is 2.57. The van der Waals surface area contributed by atoms with E-state index < -0.39 is 0 Å². The van der Waals surface area contributed by atoms with Gasteiger partial charge >= 0.3 is 0 Å². The van der Waals surface area contributed by atoms with E-state index in [1.807, 2.05) is 18.3 Å². The number of hydrogen-bond donors (Lipinski definition) is 0. The van der Waals surface area contributed by atoms with Crippen LogP contribution in [0.15, 0.2) is 79.0 Å². The predicted octanol–water partition coefficient (Wildman–Crippen LogP) is 4.89. The zero-order chi connectivity index (χ0) is 15.2. The van der Waals surface area contributed by atoms with E-state index in [4.69, 9.17) is 0 Å². The number of rotatable bonds is 5. The largest absolute Gasteiger partial charge is 0.348 e. The topological polar surface area (TPSA) is 16.1 Å². The van der Waals surface area contributed by atoms with Gasteiger partial charge in [-0.05, 0) is 45.9 Å². The van der Waals surface area contributed by atoms with Crippen molar-refractivity contribution in [1.29, 1.82) is 0 Å². The van der Waals surface area contributed by atoms with Crippen LogP contribution in [0.3, 0.4) is 0 Å². The first kappa shape index (κ1) is 15.0. The van der Waals surface area contributed by atoms with E-state index in [9.17, 15) is 0 Å². The fourth-order valence-electron chi connectivity index (χ4n) is 2.38. The van der Waals surface area contributed by atoms with Crippen molar-refractivity contribution < 1.29 is 0 Å². The molecule has 0 aliphatic rings. The van der Waals surface area contributed by atoms with Crippen LogP contribution >= 0.6 is 22.6 Å². The third-order valence-corrected chi connectivity index (χ3v) is 4.11. The van der Waals surface area contributed by atoms with Gasteiger partial charge in [-0.1, -0.05) is 60.7 Å². The standard InChI is InChI=1S/C19H17IN2/c20-18-11-12-19(21-13-18)22(14-16-7-3-1-4-8-16)15-17-9-5-2-6-10-17/h1-13H,14-15H2. The molecule has 0 aliphatic heterocycles. The molecule has 0 saturated heterocycles. The zero-order valence-corrected chi connectivity index (χ0v) is 14.3. The van der Waals surface area contributed by atoms with Gasteiger partial charge in [0.2, 0.25) is 0 Å². The minimum absolute atomic E-state index is 0.851. The summed E-state index contributed by atoms with van der Waals surface area (Å²) >= 11 is 2.29. The van der Waals surface area contributed by atoms with Gasteiger partial charge in [-0.15, -0.1) is 0 Å². The van der Waals surface area contributed by atoms with Crippen molar-refractivity contribution in [3.8, 4) is 0 Å². The molecule has 3 aromatic rings. The van der Waals surface area contributed by atoms with Crippen LogP contribution in [0, 0.1) is 3.57 Å². The maximum Gasteiger partial charge on any atom is 0.129 e. The van der Waals surface area contributed by atoms with E-state index >= 15 is 0 Å². The number of anilines is 1. The smallest absolute Gasteiger partial charge is 0.129 e. The molecule has 1 heterocycles. The van der Waals surface area contributed by atoms with Crippen molar-refractivity contribution in [3.05, 3.63) is 93.7 Å². The first-order chi connectivity index (χ1) is 10.8. The Morgan fingerprint density at radius 2 is 1.27 bits per heavy atom. The lowest BCUT2D eigenvalue weighted by atomic mass is 10.1. The summed E-state index contributed by atoms with van der Waals surface area (Å²) in [6.07, 6.45) is 1.92. The molecule has 0 saturated carbocycles. The Bertz CT molecular complexity index is 655. The van der Waals surface area contributed by atoms with Crippen LogP contribution in [-0.4, -0.2) is 4.98 Å². The SMILES string of the molecule is Ic1ccc(N(Cc2ccccc2)Cc2ccccc2)nc1. The first-order valence-corrected chi connectivity index (χ1v) is 8.33. The predicted molar refractivity (Wildman–Crippen MR) is 99.7 cm³/mol. The molecule has 0 radical (unpaired) electrons. The lowest BCUT2D eigenvalue weighted by Gasteiger charge is -2.24. The second-order valence-electron chi connectivity index (χ2n) is 5.16.